The number of carbonyl (C=O) groups is 3. The summed E-state index contributed by atoms with van der Waals surface area (Å²) in [5.74, 6) is -1.69. The van der Waals surface area contributed by atoms with Gasteiger partial charge in [-0.2, -0.15) is 0 Å². The molecule has 0 saturated carbocycles. The van der Waals surface area contributed by atoms with E-state index in [1.165, 1.54) is 11.8 Å². The SMILES string of the molecule is C[C@@H](Sc1ccccc1)C(=O)OCC(=O)NC(=O)c1ccccc1. The topological polar surface area (TPSA) is 72.5 Å². The molecule has 0 aromatic heterocycles. The third kappa shape index (κ3) is 5.55. The summed E-state index contributed by atoms with van der Waals surface area (Å²) in [6.45, 7) is 1.21. The first-order valence-electron chi connectivity index (χ1n) is 7.34. The number of rotatable bonds is 6. The van der Waals surface area contributed by atoms with E-state index in [9.17, 15) is 14.4 Å². The molecule has 2 rings (SSSR count). The third-order valence-electron chi connectivity index (χ3n) is 3.02. The van der Waals surface area contributed by atoms with Gasteiger partial charge in [0.15, 0.2) is 6.61 Å². The first-order valence-corrected chi connectivity index (χ1v) is 8.22. The number of benzene rings is 2. The van der Waals surface area contributed by atoms with E-state index in [0.29, 0.717) is 5.56 Å². The number of ether oxygens (including phenoxy) is 1. The lowest BCUT2D eigenvalue weighted by molar-refractivity contribution is -0.147. The van der Waals surface area contributed by atoms with E-state index in [1.807, 2.05) is 30.3 Å². The lowest BCUT2D eigenvalue weighted by atomic mass is 10.2. The molecule has 0 aliphatic carbocycles. The van der Waals surface area contributed by atoms with Crippen LogP contribution in [0.15, 0.2) is 65.6 Å². The highest BCUT2D eigenvalue weighted by atomic mass is 32.2. The zero-order valence-electron chi connectivity index (χ0n) is 13.1. The highest BCUT2D eigenvalue weighted by molar-refractivity contribution is 8.00. The Morgan fingerprint density at radius 2 is 1.58 bits per heavy atom. The summed E-state index contributed by atoms with van der Waals surface area (Å²) >= 11 is 1.34. The molecular formula is C18H17NO4S. The van der Waals surface area contributed by atoms with Gasteiger partial charge < -0.3 is 4.74 Å². The van der Waals surface area contributed by atoms with Crippen LogP contribution in [0.3, 0.4) is 0 Å². The van der Waals surface area contributed by atoms with Crippen LogP contribution in [0.2, 0.25) is 0 Å². The molecule has 0 unspecified atom stereocenters. The molecule has 0 bridgehead atoms. The van der Waals surface area contributed by atoms with Gasteiger partial charge in [-0.15, -0.1) is 11.8 Å². The number of hydrogen-bond acceptors (Lipinski definition) is 5. The quantitative estimate of drug-likeness (QED) is 0.645. The van der Waals surface area contributed by atoms with Gasteiger partial charge in [0.2, 0.25) is 0 Å². The van der Waals surface area contributed by atoms with Gasteiger partial charge in [-0.05, 0) is 31.2 Å². The first kappa shape index (κ1) is 17.7. The fourth-order valence-corrected chi connectivity index (χ4v) is 2.72. The second-order valence-corrected chi connectivity index (χ2v) is 6.34. The number of imide groups is 1. The van der Waals surface area contributed by atoms with Crippen LogP contribution in [-0.4, -0.2) is 29.6 Å². The van der Waals surface area contributed by atoms with Gasteiger partial charge in [0.1, 0.15) is 5.25 Å². The Morgan fingerprint density at radius 1 is 1.00 bits per heavy atom. The van der Waals surface area contributed by atoms with Crippen molar-refractivity contribution in [3.63, 3.8) is 0 Å². The normalized spacial score (nSPS) is 11.4. The Bertz CT molecular complexity index is 703. The second-order valence-electron chi connectivity index (χ2n) is 4.92. The molecule has 0 radical (unpaired) electrons. The lowest BCUT2D eigenvalue weighted by Crippen LogP contribution is -2.35. The summed E-state index contributed by atoms with van der Waals surface area (Å²) in [7, 11) is 0. The highest BCUT2D eigenvalue weighted by Crippen LogP contribution is 2.23. The molecule has 0 saturated heterocycles. The summed E-state index contributed by atoms with van der Waals surface area (Å²) < 4.78 is 4.95. The maximum absolute atomic E-state index is 11.9. The predicted octanol–water partition coefficient (Wildman–Crippen LogP) is 2.67. The Hall–Kier alpha value is -2.60. The minimum Gasteiger partial charge on any atom is -0.455 e. The Labute approximate surface area is 144 Å². The fourth-order valence-electron chi connectivity index (χ4n) is 1.83. The molecule has 1 N–H and O–H groups in total. The van der Waals surface area contributed by atoms with E-state index in [0.717, 1.165) is 4.90 Å². The standard InChI is InChI=1S/C18H17NO4S/c1-13(24-15-10-6-3-7-11-15)18(22)23-12-16(20)19-17(21)14-8-4-2-5-9-14/h2-11,13H,12H2,1H3,(H,19,20,21)/t13-/m1/s1. The number of hydrogen-bond donors (Lipinski definition) is 1. The van der Waals surface area contributed by atoms with Crippen molar-refractivity contribution in [2.75, 3.05) is 6.61 Å². The lowest BCUT2D eigenvalue weighted by Gasteiger charge is -2.11. The van der Waals surface area contributed by atoms with Gasteiger partial charge in [0.05, 0.1) is 0 Å². The van der Waals surface area contributed by atoms with Crippen molar-refractivity contribution in [1.82, 2.24) is 5.32 Å². The van der Waals surface area contributed by atoms with Gasteiger partial charge >= 0.3 is 5.97 Å². The van der Waals surface area contributed by atoms with E-state index in [2.05, 4.69) is 5.32 Å². The Morgan fingerprint density at radius 3 is 2.21 bits per heavy atom. The number of nitrogens with one attached hydrogen (secondary N) is 1. The number of amides is 2. The average Bonchev–Trinajstić information content (AvgIpc) is 2.61. The van der Waals surface area contributed by atoms with Gasteiger partial charge in [-0.25, -0.2) is 0 Å². The minimum absolute atomic E-state index is 0.366. The average molecular weight is 343 g/mol. The van der Waals surface area contributed by atoms with Crippen LogP contribution in [0.5, 0.6) is 0 Å². The van der Waals surface area contributed by atoms with E-state index in [1.54, 1.807) is 37.3 Å². The molecule has 0 aliphatic rings. The van der Waals surface area contributed by atoms with Gasteiger partial charge in [-0.3, -0.25) is 19.7 Å². The molecule has 24 heavy (non-hydrogen) atoms. The summed E-state index contributed by atoms with van der Waals surface area (Å²) in [5.41, 5.74) is 0.366. The van der Waals surface area contributed by atoms with E-state index < -0.39 is 29.6 Å². The van der Waals surface area contributed by atoms with Crippen LogP contribution in [0.25, 0.3) is 0 Å². The van der Waals surface area contributed by atoms with Crippen LogP contribution in [-0.2, 0) is 14.3 Å². The zero-order chi connectivity index (χ0) is 17.4. The van der Waals surface area contributed by atoms with Crippen molar-refractivity contribution >= 4 is 29.5 Å². The van der Waals surface area contributed by atoms with E-state index in [4.69, 9.17) is 4.74 Å². The maximum atomic E-state index is 11.9. The minimum atomic E-state index is -0.658. The highest BCUT2D eigenvalue weighted by Gasteiger charge is 2.18. The second kappa shape index (κ2) is 8.88. The summed E-state index contributed by atoms with van der Waals surface area (Å²) in [5, 5.41) is 1.72. The van der Waals surface area contributed by atoms with Crippen LogP contribution in [0.4, 0.5) is 0 Å². The summed E-state index contributed by atoms with van der Waals surface area (Å²) in [6, 6.07) is 17.8. The molecule has 2 aromatic carbocycles. The van der Waals surface area contributed by atoms with Crippen molar-refractivity contribution in [3.8, 4) is 0 Å². The summed E-state index contributed by atoms with van der Waals surface area (Å²) in [4.78, 5) is 36.3. The third-order valence-corrected chi connectivity index (χ3v) is 4.11. The first-order chi connectivity index (χ1) is 11.6. The predicted molar refractivity (Wildman–Crippen MR) is 91.6 cm³/mol. The molecule has 0 heterocycles. The van der Waals surface area contributed by atoms with Crippen molar-refractivity contribution in [2.45, 2.75) is 17.1 Å². The van der Waals surface area contributed by atoms with Crippen molar-refractivity contribution in [3.05, 3.63) is 66.2 Å². The number of thioether (sulfide) groups is 1. The van der Waals surface area contributed by atoms with Crippen LogP contribution >= 0.6 is 11.8 Å². The largest absolute Gasteiger partial charge is 0.455 e. The monoisotopic (exact) mass is 343 g/mol. The van der Waals surface area contributed by atoms with Gasteiger partial charge in [-0.1, -0.05) is 36.4 Å². The molecular weight excluding hydrogens is 326 g/mol. The van der Waals surface area contributed by atoms with Gasteiger partial charge in [0.25, 0.3) is 11.8 Å². The molecule has 0 fully saturated rings. The maximum Gasteiger partial charge on any atom is 0.319 e. The Balaban J connectivity index is 1.76. The van der Waals surface area contributed by atoms with Crippen molar-refractivity contribution in [2.24, 2.45) is 0 Å². The fraction of sp³-hybridized carbons (Fsp3) is 0.167. The number of carbonyl (C=O) groups excluding carboxylic acids is 3. The van der Waals surface area contributed by atoms with E-state index >= 15 is 0 Å². The molecule has 1 atom stereocenters. The zero-order valence-corrected chi connectivity index (χ0v) is 13.9. The van der Waals surface area contributed by atoms with Crippen LogP contribution in [0, 0.1) is 0 Å². The molecule has 124 valence electrons. The van der Waals surface area contributed by atoms with Gasteiger partial charge in [0, 0.05) is 10.5 Å². The van der Waals surface area contributed by atoms with Crippen molar-refractivity contribution < 1.29 is 19.1 Å². The molecule has 0 spiro atoms. The molecule has 6 heteroatoms. The van der Waals surface area contributed by atoms with Crippen molar-refractivity contribution in [1.29, 1.82) is 0 Å². The van der Waals surface area contributed by atoms with Crippen LogP contribution < -0.4 is 5.32 Å². The molecule has 5 nitrogen and oxygen atoms in total. The van der Waals surface area contributed by atoms with E-state index in [-0.39, 0.29) is 0 Å². The molecule has 0 aliphatic heterocycles. The molecule has 2 amide bonds. The summed E-state index contributed by atoms with van der Waals surface area (Å²) in [6.07, 6.45) is 0. The number of esters is 1. The van der Waals surface area contributed by atoms with Crippen LogP contribution in [0.1, 0.15) is 17.3 Å². The molecule has 2 aromatic rings. The Kier molecular flexibility index (Phi) is 6.57. The smallest absolute Gasteiger partial charge is 0.319 e.